The van der Waals surface area contributed by atoms with Crippen LogP contribution >= 0.6 is 0 Å². The van der Waals surface area contributed by atoms with Crippen LogP contribution in [0.15, 0.2) is 0 Å². The fourth-order valence-electron chi connectivity index (χ4n) is 2.29. The number of fused-ring (bicyclic) bond motifs is 3. The fraction of sp³-hybridized carbons (Fsp3) is 0.667. The van der Waals surface area contributed by atoms with Crippen molar-refractivity contribution in [3.8, 4) is 0 Å². The minimum absolute atomic E-state index is 0.0479. The van der Waals surface area contributed by atoms with Crippen LogP contribution in [0.2, 0.25) is 0 Å². The van der Waals surface area contributed by atoms with E-state index in [2.05, 4.69) is 0 Å². The molecule has 0 aromatic carbocycles. The summed E-state index contributed by atoms with van der Waals surface area (Å²) < 4.78 is 0. The second-order valence-electron chi connectivity index (χ2n) is 3.89. The van der Waals surface area contributed by atoms with Gasteiger partial charge in [-0.2, -0.15) is 0 Å². The Morgan fingerprint density at radius 2 is 2.15 bits per heavy atom. The van der Waals surface area contributed by atoms with Gasteiger partial charge in [0.25, 0.3) is 0 Å². The number of carboxylic acid groups (broad SMARTS) is 1. The maximum absolute atomic E-state index is 11.4. The Hall–Kier alpha value is -1.19. The van der Waals surface area contributed by atoms with Crippen LogP contribution in [-0.4, -0.2) is 22.6 Å². The standard InChI is InChI=1S/C9H10O4/c10-6-4-9(8(12)13)2-1-5(6)3-7(9)11/h5H,1-4H2,(H,12,13). The Morgan fingerprint density at radius 1 is 1.46 bits per heavy atom. The van der Waals surface area contributed by atoms with Crippen LogP contribution in [0.3, 0.4) is 0 Å². The van der Waals surface area contributed by atoms with E-state index in [9.17, 15) is 14.4 Å². The maximum atomic E-state index is 11.4. The highest BCUT2D eigenvalue weighted by molar-refractivity contribution is 6.11. The van der Waals surface area contributed by atoms with Crippen molar-refractivity contribution in [1.29, 1.82) is 0 Å². The SMILES string of the molecule is O=C1CC2(C(=O)O)CCC1CC2=O. The van der Waals surface area contributed by atoms with Gasteiger partial charge >= 0.3 is 5.97 Å². The van der Waals surface area contributed by atoms with Crippen molar-refractivity contribution in [2.75, 3.05) is 0 Å². The zero-order valence-corrected chi connectivity index (χ0v) is 7.08. The summed E-state index contributed by atoms with van der Waals surface area (Å²) in [5.41, 5.74) is -1.36. The highest BCUT2D eigenvalue weighted by Crippen LogP contribution is 2.46. The zero-order chi connectivity index (χ0) is 9.64. The summed E-state index contributed by atoms with van der Waals surface area (Å²) in [5, 5.41) is 8.93. The van der Waals surface area contributed by atoms with E-state index in [-0.39, 0.29) is 30.3 Å². The van der Waals surface area contributed by atoms with E-state index in [1.165, 1.54) is 0 Å². The van der Waals surface area contributed by atoms with Gasteiger partial charge in [-0.3, -0.25) is 14.4 Å². The number of carbonyl (C=O) groups excluding carboxylic acids is 2. The van der Waals surface area contributed by atoms with Crippen LogP contribution in [0.25, 0.3) is 0 Å². The lowest BCUT2D eigenvalue weighted by Gasteiger charge is -2.40. The quantitative estimate of drug-likeness (QED) is 0.596. The molecule has 3 rings (SSSR count). The van der Waals surface area contributed by atoms with E-state index < -0.39 is 11.4 Å². The third-order valence-electron chi connectivity index (χ3n) is 3.23. The zero-order valence-electron chi connectivity index (χ0n) is 7.08. The summed E-state index contributed by atoms with van der Waals surface area (Å²) in [6.45, 7) is 0. The van der Waals surface area contributed by atoms with Gasteiger partial charge in [0.15, 0.2) is 5.78 Å². The normalized spacial score (nSPS) is 38.0. The Labute approximate surface area is 74.9 Å². The van der Waals surface area contributed by atoms with E-state index in [4.69, 9.17) is 5.11 Å². The van der Waals surface area contributed by atoms with Gasteiger partial charge < -0.3 is 5.11 Å². The third-order valence-corrected chi connectivity index (χ3v) is 3.23. The van der Waals surface area contributed by atoms with Crippen molar-refractivity contribution in [3.63, 3.8) is 0 Å². The number of hydrogen-bond acceptors (Lipinski definition) is 3. The molecule has 1 N–H and O–H groups in total. The molecular weight excluding hydrogens is 172 g/mol. The number of hydrogen-bond donors (Lipinski definition) is 1. The Bertz CT molecular complexity index is 307. The average molecular weight is 182 g/mol. The van der Waals surface area contributed by atoms with Crippen molar-refractivity contribution in [3.05, 3.63) is 0 Å². The molecule has 0 radical (unpaired) electrons. The smallest absolute Gasteiger partial charge is 0.317 e. The van der Waals surface area contributed by atoms with E-state index >= 15 is 0 Å². The topological polar surface area (TPSA) is 71.4 Å². The maximum Gasteiger partial charge on any atom is 0.317 e. The molecule has 0 spiro atoms. The molecule has 4 heteroatoms. The fourth-order valence-corrected chi connectivity index (χ4v) is 2.29. The number of Topliss-reactive ketones (excluding diaryl/α,β-unsaturated/α-hetero) is 2. The average Bonchev–Trinajstić information content (AvgIpc) is 2.07. The lowest BCUT2D eigenvalue weighted by atomic mass is 9.59. The molecule has 3 aliphatic rings. The van der Waals surface area contributed by atoms with Gasteiger partial charge in [-0.15, -0.1) is 0 Å². The highest BCUT2D eigenvalue weighted by Gasteiger charge is 2.56. The summed E-state index contributed by atoms with van der Waals surface area (Å²) >= 11 is 0. The van der Waals surface area contributed by atoms with E-state index in [1.807, 2.05) is 0 Å². The molecule has 0 aliphatic heterocycles. The van der Waals surface area contributed by atoms with Gasteiger partial charge in [0.2, 0.25) is 0 Å². The molecule has 3 fully saturated rings. The van der Waals surface area contributed by atoms with Crippen molar-refractivity contribution >= 4 is 17.5 Å². The van der Waals surface area contributed by atoms with Crippen LogP contribution in [0.1, 0.15) is 25.7 Å². The number of aliphatic carboxylic acids is 1. The predicted molar refractivity (Wildman–Crippen MR) is 42.0 cm³/mol. The van der Waals surface area contributed by atoms with Crippen LogP contribution in [0, 0.1) is 11.3 Å². The van der Waals surface area contributed by atoms with Crippen molar-refractivity contribution in [2.24, 2.45) is 11.3 Å². The molecule has 4 nitrogen and oxygen atoms in total. The predicted octanol–water partition coefficient (Wildman–Crippen LogP) is 0.399. The summed E-state index contributed by atoms with van der Waals surface area (Å²) in [5.74, 6) is -1.61. The molecule has 3 saturated carbocycles. The van der Waals surface area contributed by atoms with E-state index in [0.717, 1.165) is 0 Å². The molecule has 0 heterocycles. The van der Waals surface area contributed by atoms with Crippen molar-refractivity contribution < 1.29 is 19.5 Å². The number of carboxylic acids is 1. The van der Waals surface area contributed by atoms with Gasteiger partial charge in [0.1, 0.15) is 11.2 Å². The van der Waals surface area contributed by atoms with Crippen molar-refractivity contribution in [1.82, 2.24) is 0 Å². The molecule has 2 unspecified atom stereocenters. The van der Waals surface area contributed by atoms with Gasteiger partial charge in [-0.1, -0.05) is 0 Å². The first-order valence-electron chi connectivity index (χ1n) is 4.36. The van der Waals surface area contributed by atoms with Crippen LogP contribution in [0.4, 0.5) is 0 Å². The van der Waals surface area contributed by atoms with Crippen LogP contribution in [0.5, 0.6) is 0 Å². The van der Waals surface area contributed by atoms with Gasteiger partial charge in [-0.05, 0) is 12.8 Å². The molecule has 0 aromatic rings. The first-order valence-corrected chi connectivity index (χ1v) is 4.36. The summed E-state index contributed by atoms with van der Waals surface area (Å²) in [4.78, 5) is 33.6. The Morgan fingerprint density at radius 3 is 2.54 bits per heavy atom. The minimum atomic E-state index is -1.36. The lowest BCUT2D eigenvalue weighted by molar-refractivity contribution is -0.166. The lowest BCUT2D eigenvalue weighted by Crippen LogP contribution is -2.52. The summed E-state index contributed by atoms with van der Waals surface area (Å²) in [7, 11) is 0. The largest absolute Gasteiger partial charge is 0.480 e. The summed E-state index contributed by atoms with van der Waals surface area (Å²) in [6, 6.07) is 0. The monoisotopic (exact) mass is 182 g/mol. The number of ketones is 2. The molecule has 0 aromatic heterocycles. The second-order valence-corrected chi connectivity index (χ2v) is 3.89. The van der Waals surface area contributed by atoms with E-state index in [1.54, 1.807) is 0 Å². The third kappa shape index (κ3) is 0.944. The molecule has 2 atom stereocenters. The molecule has 2 bridgehead atoms. The molecule has 3 aliphatic carbocycles. The van der Waals surface area contributed by atoms with Crippen LogP contribution in [-0.2, 0) is 14.4 Å². The second kappa shape index (κ2) is 2.40. The minimum Gasteiger partial charge on any atom is -0.480 e. The van der Waals surface area contributed by atoms with Gasteiger partial charge in [-0.25, -0.2) is 0 Å². The molecule has 0 saturated heterocycles. The van der Waals surface area contributed by atoms with Gasteiger partial charge in [0, 0.05) is 18.8 Å². The summed E-state index contributed by atoms with van der Waals surface area (Å²) in [6.07, 6.45) is 0.978. The first kappa shape index (κ1) is 8.41. The number of carbonyl (C=O) groups is 3. The Kier molecular flexibility index (Phi) is 1.55. The van der Waals surface area contributed by atoms with Crippen LogP contribution < -0.4 is 0 Å². The molecule has 70 valence electrons. The molecule has 0 amide bonds. The molecule has 13 heavy (non-hydrogen) atoms. The van der Waals surface area contributed by atoms with Gasteiger partial charge in [0.05, 0.1) is 0 Å². The molecular formula is C9H10O4. The number of rotatable bonds is 1. The van der Waals surface area contributed by atoms with Crippen molar-refractivity contribution in [2.45, 2.75) is 25.7 Å². The van der Waals surface area contributed by atoms with E-state index in [0.29, 0.717) is 12.8 Å². The first-order chi connectivity index (χ1) is 6.06. The highest BCUT2D eigenvalue weighted by atomic mass is 16.4. The Balaban J connectivity index is 2.40.